The van der Waals surface area contributed by atoms with Gasteiger partial charge in [0.25, 0.3) is 11.6 Å². The van der Waals surface area contributed by atoms with Gasteiger partial charge in [0.05, 0.1) is 6.54 Å². The number of anilines is 1. The van der Waals surface area contributed by atoms with Crippen LogP contribution in [0.15, 0.2) is 53.0 Å². The van der Waals surface area contributed by atoms with Crippen molar-refractivity contribution in [2.75, 3.05) is 18.0 Å². The number of aryl methyl sites for hydroxylation is 1. The summed E-state index contributed by atoms with van der Waals surface area (Å²) in [7, 11) is 0. The number of halogens is 1. The minimum Gasteiger partial charge on any atom is -0.346 e. The molecule has 0 fully saturated rings. The van der Waals surface area contributed by atoms with Crippen LogP contribution in [0.4, 0.5) is 5.69 Å². The van der Waals surface area contributed by atoms with Crippen molar-refractivity contribution in [3.05, 3.63) is 64.1 Å². The third-order valence-corrected chi connectivity index (χ3v) is 5.86. The minimum atomic E-state index is -1.03. The normalized spacial score (nSPS) is 23.6. The Kier molecular flexibility index (Phi) is 4.42. The highest BCUT2D eigenvalue weighted by atomic mass is 79.9. The second-order valence-corrected chi connectivity index (χ2v) is 8.06. The van der Waals surface area contributed by atoms with Gasteiger partial charge in [-0.05, 0) is 50.5 Å². The summed E-state index contributed by atoms with van der Waals surface area (Å²) in [4.78, 5) is 2.17. The van der Waals surface area contributed by atoms with Crippen LogP contribution in [0.1, 0.15) is 36.8 Å². The van der Waals surface area contributed by atoms with Crippen molar-refractivity contribution in [3.63, 3.8) is 0 Å². The highest BCUT2D eigenvalue weighted by Crippen LogP contribution is 2.38. The van der Waals surface area contributed by atoms with E-state index in [-0.39, 0.29) is 0 Å². The standard InChI is InChI=1S/C21H24BrN2O/c1-16-6-12-19(13-7-16)24-20-5-3-2-4-14-23(20)15-21(24,25)17-8-10-18(22)11-9-17/h6-13,25H,2-5,14-15H2,1H3/q+1/t21-/m0/s1. The van der Waals surface area contributed by atoms with Gasteiger partial charge in [-0.15, -0.1) is 0 Å². The average molecular weight is 400 g/mol. The van der Waals surface area contributed by atoms with Crippen molar-refractivity contribution < 1.29 is 9.68 Å². The molecule has 4 rings (SSSR count). The summed E-state index contributed by atoms with van der Waals surface area (Å²) < 4.78 is 3.41. The van der Waals surface area contributed by atoms with E-state index in [4.69, 9.17) is 0 Å². The Morgan fingerprint density at radius 1 is 1.00 bits per heavy atom. The van der Waals surface area contributed by atoms with Crippen LogP contribution in [0.5, 0.6) is 0 Å². The minimum absolute atomic E-state index is 0.623. The zero-order chi connectivity index (χ0) is 17.4. The number of nitrogens with zero attached hydrogens (tertiary/aromatic N) is 2. The van der Waals surface area contributed by atoms with Crippen LogP contribution in [-0.2, 0) is 5.72 Å². The second kappa shape index (κ2) is 6.58. The molecular formula is C21H24BrN2O+. The molecule has 2 heterocycles. The maximum absolute atomic E-state index is 11.8. The molecule has 1 N–H and O–H groups in total. The summed E-state index contributed by atoms with van der Waals surface area (Å²) in [5, 5.41) is 11.8. The van der Waals surface area contributed by atoms with Gasteiger partial charge in [-0.25, -0.2) is 0 Å². The molecule has 130 valence electrons. The summed E-state index contributed by atoms with van der Waals surface area (Å²) in [6.45, 7) is 3.74. The molecule has 0 radical (unpaired) electrons. The smallest absolute Gasteiger partial charge is 0.275 e. The predicted molar refractivity (Wildman–Crippen MR) is 105 cm³/mol. The fourth-order valence-corrected chi connectivity index (χ4v) is 4.28. The van der Waals surface area contributed by atoms with Crippen LogP contribution in [0.25, 0.3) is 0 Å². The van der Waals surface area contributed by atoms with Gasteiger partial charge in [-0.3, -0.25) is 4.58 Å². The van der Waals surface area contributed by atoms with E-state index in [1.165, 1.54) is 30.7 Å². The van der Waals surface area contributed by atoms with Gasteiger partial charge in [0.1, 0.15) is 5.69 Å². The molecule has 0 amide bonds. The van der Waals surface area contributed by atoms with E-state index in [2.05, 4.69) is 56.6 Å². The van der Waals surface area contributed by atoms with Gasteiger partial charge in [-0.2, -0.15) is 4.90 Å². The maximum atomic E-state index is 11.8. The molecule has 25 heavy (non-hydrogen) atoms. The molecule has 2 aromatic carbocycles. The number of hydrogen-bond donors (Lipinski definition) is 1. The molecule has 0 spiro atoms. The molecule has 0 aromatic heterocycles. The molecule has 4 heteroatoms. The molecule has 2 aliphatic rings. The molecule has 2 aromatic rings. The van der Waals surface area contributed by atoms with Crippen molar-refractivity contribution in [1.29, 1.82) is 0 Å². The van der Waals surface area contributed by atoms with Crippen LogP contribution < -0.4 is 4.90 Å². The topological polar surface area (TPSA) is 26.5 Å². The molecular weight excluding hydrogens is 376 g/mol. The Labute approximate surface area is 157 Å². The lowest BCUT2D eigenvalue weighted by Crippen LogP contribution is -2.47. The van der Waals surface area contributed by atoms with Crippen molar-refractivity contribution in [2.45, 2.75) is 38.3 Å². The van der Waals surface area contributed by atoms with Gasteiger partial charge < -0.3 is 5.11 Å². The molecule has 1 atom stereocenters. The summed E-state index contributed by atoms with van der Waals surface area (Å²) >= 11 is 3.50. The molecule has 0 saturated carbocycles. The zero-order valence-electron chi connectivity index (χ0n) is 14.6. The van der Waals surface area contributed by atoms with Gasteiger partial charge in [0.2, 0.25) is 0 Å². The van der Waals surface area contributed by atoms with Crippen LogP contribution in [0.2, 0.25) is 0 Å². The van der Waals surface area contributed by atoms with Crippen molar-refractivity contribution in [3.8, 4) is 0 Å². The monoisotopic (exact) mass is 399 g/mol. The first kappa shape index (κ1) is 16.8. The van der Waals surface area contributed by atoms with E-state index >= 15 is 0 Å². The number of benzene rings is 2. The number of rotatable bonds is 2. The first-order valence-corrected chi connectivity index (χ1v) is 9.83. The van der Waals surface area contributed by atoms with Crippen LogP contribution >= 0.6 is 15.9 Å². The lowest BCUT2D eigenvalue weighted by atomic mass is 10.00. The van der Waals surface area contributed by atoms with E-state index in [9.17, 15) is 5.11 Å². The SMILES string of the molecule is Cc1ccc(N2C3=[N+](CCCCC3)C[C@]2(O)c2ccc(Br)cc2)cc1. The van der Waals surface area contributed by atoms with E-state index in [1.807, 2.05) is 24.3 Å². The van der Waals surface area contributed by atoms with Crippen molar-refractivity contribution in [1.82, 2.24) is 0 Å². The Morgan fingerprint density at radius 3 is 2.44 bits per heavy atom. The molecule has 0 unspecified atom stereocenters. The fourth-order valence-electron chi connectivity index (χ4n) is 4.02. The zero-order valence-corrected chi connectivity index (χ0v) is 16.2. The van der Waals surface area contributed by atoms with E-state index < -0.39 is 5.72 Å². The molecule has 0 aliphatic carbocycles. The quantitative estimate of drug-likeness (QED) is 0.756. The molecule has 3 nitrogen and oxygen atoms in total. The molecule has 0 saturated heterocycles. The number of amidine groups is 1. The van der Waals surface area contributed by atoms with Crippen molar-refractivity contribution >= 4 is 27.5 Å². The number of aliphatic hydroxyl groups is 1. The summed E-state index contributed by atoms with van der Waals surface area (Å²) in [5.41, 5.74) is 2.22. The lowest BCUT2D eigenvalue weighted by Gasteiger charge is -2.29. The molecule has 0 bridgehead atoms. The predicted octanol–water partition coefficient (Wildman–Crippen LogP) is 4.41. The van der Waals surface area contributed by atoms with Gasteiger partial charge >= 0.3 is 0 Å². The van der Waals surface area contributed by atoms with Gasteiger partial charge in [0, 0.05) is 16.5 Å². The first-order valence-electron chi connectivity index (χ1n) is 9.04. The van der Waals surface area contributed by atoms with E-state index in [0.29, 0.717) is 6.54 Å². The van der Waals surface area contributed by atoms with Gasteiger partial charge in [0.15, 0.2) is 6.54 Å². The third-order valence-electron chi connectivity index (χ3n) is 5.33. The number of hydrogen-bond acceptors (Lipinski definition) is 2. The summed E-state index contributed by atoms with van der Waals surface area (Å²) in [5.74, 6) is 1.26. The van der Waals surface area contributed by atoms with E-state index in [1.54, 1.807) is 0 Å². The second-order valence-electron chi connectivity index (χ2n) is 7.14. The van der Waals surface area contributed by atoms with Crippen LogP contribution in [0.3, 0.4) is 0 Å². The lowest BCUT2D eigenvalue weighted by molar-refractivity contribution is -0.534. The Bertz CT molecular complexity index is 798. The van der Waals surface area contributed by atoms with Crippen LogP contribution in [0, 0.1) is 6.92 Å². The summed E-state index contributed by atoms with van der Waals surface area (Å²) in [6, 6.07) is 16.6. The largest absolute Gasteiger partial charge is 0.346 e. The highest BCUT2D eigenvalue weighted by Gasteiger charge is 2.53. The average Bonchev–Trinajstić information content (AvgIpc) is 2.74. The maximum Gasteiger partial charge on any atom is 0.275 e. The van der Waals surface area contributed by atoms with E-state index in [0.717, 1.165) is 28.7 Å². The fraction of sp³-hybridized carbons (Fsp3) is 0.381. The Balaban J connectivity index is 1.83. The Morgan fingerprint density at radius 2 is 1.72 bits per heavy atom. The van der Waals surface area contributed by atoms with Gasteiger partial charge in [-0.1, -0.05) is 45.8 Å². The summed E-state index contributed by atoms with van der Waals surface area (Å²) in [6.07, 6.45) is 4.66. The molecule has 2 aliphatic heterocycles. The van der Waals surface area contributed by atoms with Crippen LogP contribution in [-0.4, -0.2) is 28.6 Å². The first-order chi connectivity index (χ1) is 12.1. The highest BCUT2D eigenvalue weighted by molar-refractivity contribution is 9.10. The third kappa shape index (κ3) is 3.02. The Hall–Kier alpha value is -1.65. The van der Waals surface area contributed by atoms with Crippen molar-refractivity contribution in [2.24, 2.45) is 0 Å².